The second-order valence-corrected chi connectivity index (χ2v) is 10.1. The molecular weight excluding hydrogens is 519 g/mol. The van der Waals surface area contributed by atoms with Gasteiger partial charge in [-0.3, -0.25) is 19.6 Å². The van der Waals surface area contributed by atoms with E-state index in [1.54, 1.807) is 18.6 Å². The minimum absolute atomic E-state index is 0.119. The smallest absolute Gasteiger partial charge is 0.354 e. The number of carbonyl (C=O) groups is 2. The number of carbonyl (C=O) groups excluding carboxylic acids is 2. The Kier molecular flexibility index (Phi) is 7.86. The fourth-order valence-electron chi connectivity index (χ4n) is 4.89. The van der Waals surface area contributed by atoms with Crippen LogP contribution in [0.3, 0.4) is 0 Å². The SMILES string of the molecule is O=C(c1ccccc1C(F)(F)F)N1CCN(C=NC2(C(=O)NCCc3ccccc3)CC2)C(c2ccccn2)C1. The summed E-state index contributed by atoms with van der Waals surface area (Å²) in [5, 5.41) is 2.99. The van der Waals surface area contributed by atoms with Gasteiger partial charge in [-0.25, -0.2) is 0 Å². The maximum Gasteiger partial charge on any atom is 0.417 e. The molecular formula is C30H30F3N5O2. The van der Waals surface area contributed by atoms with Gasteiger partial charge in [0, 0.05) is 32.4 Å². The molecule has 0 bridgehead atoms. The monoisotopic (exact) mass is 549 g/mol. The molecule has 2 fully saturated rings. The number of benzene rings is 2. The Morgan fingerprint density at radius 2 is 1.73 bits per heavy atom. The molecule has 1 N–H and O–H groups in total. The van der Waals surface area contributed by atoms with E-state index in [-0.39, 0.29) is 24.6 Å². The van der Waals surface area contributed by atoms with Gasteiger partial charge >= 0.3 is 6.18 Å². The largest absolute Gasteiger partial charge is 0.417 e. The highest BCUT2D eigenvalue weighted by Crippen LogP contribution is 2.40. The summed E-state index contributed by atoms with van der Waals surface area (Å²) in [6, 6.07) is 19.7. The number of amides is 2. The molecule has 1 atom stereocenters. The second kappa shape index (κ2) is 11.5. The average Bonchev–Trinajstić information content (AvgIpc) is 3.77. The molecule has 1 saturated carbocycles. The summed E-state index contributed by atoms with van der Waals surface area (Å²) in [6.07, 6.45) is 0.647. The number of pyridine rings is 1. The van der Waals surface area contributed by atoms with E-state index in [0.717, 1.165) is 18.1 Å². The molecule has 3 aromatic rings. The van der Waals surface area contributed by atoms with Crippen molar-refractivity contribution in [1.82, 2.24) is 20.1 Å². The number of piperazine rings is 1. The van der Waals surface area contributed by atoms with Gasteiger partial charge in [0.25, 0.3) is 5.91 Å². The van der Waals surface area contributed by atoms with Crippen molar-refractivity contribution in [2.45, 2.75) is 37.0 Å². The summed E-state index contributed by atoms with van der Waals surface area (Å²) < 4.78 is 40.8. The van der Waals surface area contributed by atoms with Crippen LogP contribution in [-0.2, 0) is 17.4 Å². The molecule has 1 aliphatic carbocycles. The fraction of sp³-hybridized carbons (Fsp3) is 0.333. The lowest BCUT2D eigenvalue weighted by Gasteiger charge is -2.40. The van der Waals surface area contributed by atoms with Crippen molar-refractivity contribution >= 4 is 18.2 Å². The first-order valence-corrected chi connectivity index (χ1v) is 13.3. The van der Waals surface area contributed by atoms with Crippen LogP contribution in [0, 0.1) is 0 Å². The molecule has 208 valence electrons. The summed E-state index contributed by atoms with van der Waals surface area (Å²) in [5.41, 5.74) is -0.343. The summed E-state index contributed by atoms with van der Waals surface area (Å²) >= 11 is 0. The van der Waals surface area contributed by atoms with Crippen LogP contribution in [0.15, 0.2) is 84.0 Å². The molecule has 1 aliphatic heterocycles. The zero-order chi connectivity index (χ0) is 28.2. The van der Waals surface area contributed by atoms with Gasteiger partial charge in [-0.1, -0.05) is 48.5 Å². The number of alkyl halides is 3. The first kappa shape index (κ1) is 27.4. The number of hydrogen-bond donors (Lipinski definition) is 1. The van der Waals surface area contributed by atoms with Gasteiger partial charge in [-0.2, -0.15) is 13.2 Å². The predicted octanol–water partition coefficient (Wildman–Crippen LogP) is 4.52. The van der Waals surface area contributed by atoms with E-state index >= 15 is 0 Å². The van der Waals surface area contributed by atoms with Gasteiger partial charge in [-0.05, 0) is 49.1 Å². The summed E-state index contributed by atoms with van der Waals surface area (Å²) in [4.78, 5) is 38.7. The topological polar surface area (TPSA) is 77.9 Å². The molecule has 2 aromatic carbocycles. The van der Waals surface area contributed by atoms with Gasteiger partial charge in [-0.15, -0.1) is 0 Å². The number of hydrogen-bond acceptors (Lipinski definition) is 4. The van der Waals surface area contributed by atoms with Crippen LogP contribution in [0.5, 0.6) is 0 Å². The summed E-state index contributed by atoms with van der Waals surface area (Å²) in [7, 11) is 0. The lowest BCUT2D eigenvalue weighted by atomic mass is 10.0. The van der Waals surface area contributed by atoms with Crippen molar-refractivity contribution in [3.05, 3.63) is 101 Å². The van der Waals surface area contributed by atoms with Crippen molar-refractivity contribution < 1.29 is 22.8 Å². The van der Waals surface area contributed by atoms with Gasteiger partial charge in [0.2, 0.25) is 5.91 Å². The normalized spacial score (nSPS) is 18.5. The number of nitrogens with zero attached hydrogens (tertiary/aromatic N) is 4. The van der Waals surface area contributed by atoms with Crippen LogP contribution in [-0.4, -0.2) is 64.7 Å². The third-order valence-electron chi connectivity index (χ3n) is 7.34. The molecule has 0 spiro atoms. The van der Waals surface area contributed by atoms with E-state index in [4.69, 9.17) is 0 Å². The Morgan fingerprint density at radius 3 is 2.42 bits per heavy atom. The Morgan fingerprint density at radius 1 is 1.00 bits per heavy atom. The number of aromatic nitrogens is 1. The molecule has 1 saturated heterocycles. The maximum absolute atomic E-state index is 13.6. The van der Waals surface area contributed by atoms with Crippen molar-refractivity contribution in [3.8, 4) is 0 Å². The van der Waals surface area contributed by atoms with Crippen LogP contribution in [0.25, 0.3) is 0 Å². The third kappa shape index (κ3) is 6.16. The van der Waals surface area contributed by atoms with Crippen LogP contribution in [0.2, 0.25) is 0 Å². The summed E-state index contributed by atoms with van der Waals surface area (Å²) in [5.74, 6) is -0.798. The standard InChI is InChI=1S/C30H30F3N5O2/c31-30(32,33)24-11-5-4-10-23(24)27(39)37-18-19-38(26(20-37)25-12-6-7-16-34-25)21-36-29(14-15-29)28(40)35-17-13-22-8-2-1-3-9-22/h1-12,16,21,26H,13-15,17-20H2,(H,35,40). The van der Waals surface area contributed by atoms with Crippen LogP contribution < -0.4 is 5.32 Å². The molecule has 1 aromatic heterocycles. The molecule has 2 heterocycles. The lowest BCUT2D eigenvalue weighted by molar-refractivity contribution is -0.138. The maximum atomic E-state index is 13.6. The Balaban J connectivity index is 1.29. The second-order valence-electron chi connectivity index (χ2n) is 10.1. The number of rotatable bonds is 8. The van der Waals surface area contributed by atoms with E-state index in [1.165, 1.54) is 23.1 Å². The Bertz CT molecular complexity index is 1360. The first-order chi connectivity index (χ1) is 19.3. The van der Waals surface area contributed by atoms with Crippen molar-refractivity contribution in [2.75, 3.05) is 26.2 Å². The molecule has 40 heavy (non-hydrogen) atoms. The fourth-order valence-corrected chi connectivity index (χ4v) is 4.89. The minimum Gasteiger partial charge on any atom is -0.354 e. The van der Waals surface area contributed by atoms with E-state index < -0.39 is 29.2 Å². The van der Waals surface area contributed by atoms with E-state index in [2.05, 4.69) is 15.3 Å². The molecule has 5 rings (SSSR count). The zero-order valence-corrected chi connectivity index (χ0v) is 21.8. The van der Waals surface area contributed by atoms with Gasteiger partial charge in [0.05, 0.1) is 29.2 Å². The highest BCUT2D eigenvalue weighted by molar-refractivity contribution is 5.96. The molecule has 7 nitrogen and oxygen atoms in total. The van der Waals surface area contributed by atoms with E-state index in [1.807, 2.05) is 47.4 Å². The number of aliphatic imine (C=N–C) groups is 1. The van der Waals surface area contributed by atoms with Gasteiger partial charge in [0.1, 0.15) is 5.54 Å². The highest BCUT2D eigenvalue weighted by Gasteiger charge is 2.50. The summed E-state index contributed by atoms with van der Waals surface area (Å²) in [6.45, 7) is 1.17. The third-order valence-corrected chi connectivity index (χ3v) is 7.34. The molecule has 10 heteroatoms. The van der Waals surface area contributed by atoms with Crippen molar-refractivity contribution in [2.24, 2.45) is 4.99 Å². The quantitative estimate of drug-likeness (QED) is 0.331. The molecule has 0 radical (unpaired) electrons. The highest BCUT2D eigenvalue weighted by atomic mass is 19.4. The van der Waals surface area contributed by atoms with Crippen LogP contribution in [0.4, 0.5) is 13.2 Å². The van der Waals surface area contributed by atoms with Crippen molar-refractivity contribution in [1.29, 1.82) is 0 Å². The predicted molar refractivity (Wildman–Crippen MR) is 145 cm³/mol. The molecule has 1 unspecified atom stereocenters. The van der Waals surface area contributed by atoms with Gasteiger partial charge in [0.15, 0.2) is 0 Å². The molecule has 2 amide bonds. The van der Waals surface area contributed by atoms with Gasteiger partial charge < -0.3 is 15.1 Å². The van der Waals surface area contributed by atoms with E-state index in [9.17, 15) is 22.8 Å². The number of nitrogens with one attached hydrogen (secondary N) is 1. The zero-order valence-electron chi connectivity index (χ0n) is 21.8. The first-order valence-electron chi connectivity index (χ1n) is 13.3. The Hall–Kier alpha value is -4.21. The number of halogens is 3. The molecule has 2 aliphatic rings. The van der Waals surface area contributed by atoms with Crippen LogP contribution >= 0.6 is 0 Å². The van der Waals surface area contributed by atoms with Crippen molar-refractivity contribution in [3.63, 3.8) is 0 Å². The Labute approximate surface area is 230 Å². The minimum atomic E-state index is -4.64. The lowest BCUT2D eigenvalue weighted by Crippen LogP contribution is -2.50. The van der Waals surface area contributed by atoms with E-state index in [0.29, 0.717) is 31.6 Å². The van der Waals surface area contributed by atoms with Crippen LogP contribution in [0.1, 0.15) is 46.1 Å². The average molecular weight is 550 g/mol.